The van der Waals surface area contributed by atoms with Crippen molar-refractivity contribution in [2.24, 2.45) is 5.92 Å². The Labute approximate surface area is 107 Å². The Morgan fingerprint density at radius 1 is 1.44 bits per heavy atom. The van der Waals surface area contributed by atoms with Crippen molar-refractivity contribution >= 4 is 17.0 Å². The Bertz CT molecular complexity index is 557. The second kappa shape index (κ2) is 4.52. The summed E-state index contributed by atoms with van der Waals surface area (Å²) in [6, 6.07) is 6.03. The zero-order valence-corrected chi connectivity index (χ0v) is 10.7. The molecule has 1 fully saturated rings. The molecule has 4 heteroatoms. The average molecular weight is 245 g/mol. The zero-order chi connectivity index (χ0) is 12.5. The summed E-state index contributed by atoms with van der Waals surface area (Å²) in [6.07, 6.45) is 3.97. The van der Waals surface area contributed by atoms with Crippen molar-refractivity contribution in [3.63, 3.8) is 0 Å². The van der Waals surface area contributed by atoms with Gasteiger partial charge < -0.3 is 15.0 Å². The number of fused-ring (bicyclic) bond motifs is 1. The number of ether oxygens (including phenoxy) is 1. The number of aromatic nitrogens is 2. The molecule has 0 aliphatic heterocycles. The van der Waals surface area contributed by atoms with Crippen LogP contribution >= 0.6 is 0 Å². The molecule has 2 N–H and O–H groups in total. The fraction of sp³-hybridized carbons (Fsp3) is 0.500. The predicted molar refractivity (Wildman–Crippen MR) is 72.7 cm³/mol. The van der Waals surface area contributed by atoms with Crippen LogP contribution in [0, 0.1) is 5.92 Å². The Hall–Kier alpha value is -1.71. The number of hydrogen-bond donors (Lipinski definition) is 1. The summed E-state index contributed by atoms with van der Waals surface area (Å²) in [5.74, 6) is 2.19. The van der Waals surface area contributed by atoms with Crippen LogP contribution in [0.2, 0.25) is 0 Å². The summed E-state index contributed by atoms with van der Waals surface area (Å²) in [6.45, 7) is 3.61. The van der Waals surface area contributed by atoms with Gasteiger partial charge >= 0.3 is 0 Å². The standard InChI is InChI=1S/C14H19N3O/c1-2-18-12-8-4-7-11-13(12)16-14(15)17(11)9-10-5-3-6-10/h4,7-8,10H,2-3,5-6,9H2,1H3,(H2,15,16). The molecule has 0 amide bonds. The van der Waals surface area contributed by atoms with Crippen LogP contribution in [0.3, 0.4) is 0 Å². The normalized spacial score (nSPS) is 15.8. The minimum atomic E-state index is 0.601. The summed E-state index contributed by atoms with van der Waals surface area (Å²) >= 11 is 0. The van der Waals surface area contributed by atoms with Gasteiger partial charge in [0.25, 0.3) is 0 Å². The maximum Gasteiger partial charge on any atom is 0.201 e. The van der Waals surface area contributed by atoms with Crippen molar-refractivity contribution in [1.29, 1.82) is 0 Å². The lowest BCUT2D eigenvalue weighted by molar-refractivity contribution is 0.280. The van der Waals surface area contributed by atoms with Crippen molar-refractivity contribution in [3.8, 4) is 5.75 Å². The van der Waals surface area contributed by atoms with Gasteiger partial charge in [0.2, 0.25) is 5.95 Å². The molecule has 96 valence electrons. The number of imidazole rings is 1. The second-order valence-electron chi connectivity index (χ2n) is 4.93. The molecule has 2 aromatic rings. The molecular weight excluding hydrogens is 226 g/mol. The highest BCUT2D eigenvalue weighted by molar-refractivity contribution is 5.84. The summed E-state index contributed by atoms with van der Waals surface area (Å²) in [5.41, 5.74) is 8.02. The zero-order valence-electron chi connectivity index (χ0n) is 10.7. The van der Waals surface area contributed by atoms with Crippen LogP contribution in [-0.2, 0) is 6.54 Å². The van der Waals surface area contributed by atoms with Crippen molar-refractivity contribution in [3.05, 3.63) is 18.2 Å². The third kappa shape index (κ3) is 1.82. The first-order valence-electron chi connectivity index (χ1n) is 6.67. The second-order valence-corrected chi connectivity index (χ2v) is 4.93. The van der Waals surface area contributed by atoms with E-state index in [4.69, 9.17) is 10.5 Å². The highest BCUT2D eigenvalue weighted by atomic mass is 16.5. The first-order chi connectivity index (χ1) is 8.79. The molecule has 3 rings (SSSR count). The summed E-state index contributed by atoms with van der Waals surface area (Å²) in [7, 11) is 0. The first-order valence-corrected chi connectivity index (χ1v) is 6.67. The molecule has 1 saturated carbocycles. The van der Waals surface area contributed by atoms with Crippen molar-refractivity contribution in [1.82, 2.24) is 9.55 Å². The van der Waals surface area contributed by atoms with Gasteiger partial charge in [-0.2, -0.15) is 0 Å². The van der Waals surface area contributed by atoms with E-state index in [1.165, 1.54) is 19.3 Å². The topological polar surface area (TPSA) is 53.1 Å². The monoisotopic (exact) mass is 245 g/mol. The lowest BCUT2D eigenvalue weighted by Gasteiger charge is -2.26. The minimum Gasteiger partial charge on any atom is -0.492 e. The third-order valence-corrected chi connectivity index (χ3v) is 3.74. The molecule has 4 nitrogen and oxygen atoms in total. The molecule has 0 atom stereocenters. The first kappa shape index (κ1) is 11.4. The van der Waals surface area contributed by atoms with E-state index in [0.29, 0.717) is 12.6 Å². The number of nitrogens with two attached hydrogens (primary N) is 1. The van der Waals surface area contributed by atoms with Gasteiger partial charge in [0.05, 0.1) is 12.1 Å². The maximum absolute atomic E-state index is 6.04. The van der Waals surface area contributed by atoms with Gasteiger partial charge in [-0.05, 0) is 37.8 Å². The average Bonchev–Trinajstić information content (AvgIpc) is 2.62. The van der Waals surface area contributed by atoms with E-state index in [1.54, 1.807) is 0 Å². The summed E-state index contributed by atoms with van der Waals surface area (Å²) < 4.78 is 7.73. The van der Waals surface area contributed by atoms with Gasteiger partial charge in [-0.15, -0.1) is 0 Å². The van der Waals surface area contributed by atoms with Crippen LogP contribution < -0.4 is 10.5 Å². The Kier molecular flexibility index (Phi) is 2.86. The molecule has 0 bridgehead atoms. The van der Waals surface area contributed by atoms with Gasteiger partial charge in [0, 0.05) is 6.54 Å². The Morgan fingerprint density at radius 3 is 2.94 bits per heavy atom. The van der Waals surface area contributed by atoms with Crippen LogP contribution in [0.1, 0.15) is 26.2 Å². The molecular formula is C14H19N3O. The van der Waals surface area contributed by atoms with Crippen molar-refractivity contribution < 1.29 is 4.74 Å². The van der Waals surface area contributed by atoms with E-state index >= 15 is 0 Å². The Morgan fingerprint density at radius 2 is 2.28 bits per heavy atom. The molecule has 0 saturated heterocycles. The molecule has 1 heterocycles. The molecule has 1 aromatic carbocycles. The number of nitrogen functional groups attached to an aromatic ring is 1. The summed E-state index contributed by atoms with van der Waals surface area (Å²) in [5, 5.41) is 0. The lowest BCUT2D eigenvalue weighted by Crippen LogP contribution is -2.19. The number of rotatable bonds is 4. The molecule has 18 heavy (non-hydrogen) atoms. The number of anilines is 1. The van der Waals surface area contributed by atoms with E-state index < -0.39 is 0 Å². The van der Waals surface area contributed by atoms with Crippen molar-refractivity contribution in [2.45, 2.75) is 32.7 Å². The Balaban J connectivity index is 2.02. The van der Waals surface area contributed by atoms with Gasteiger partial charge in [0.15, 0.2) is 0 Å². The minimum absolute atomic E-state index is 0.601. The van der Waals surface area contributed by atoms with E-state index in [0.717, 1.165) is 29.2 Å². The number of benzene rings is 1. The summed E-state index contributed by atoms with van der Waals surface area (Å²) in [4.78, 5) is 4.46. The van der Waals surface area contributed by atoms with Crippen molar-refractivity contribution in [2.75, 3.05) is 12.3 Å². The molecule has 0 radical (unpaired) electrons. The van der Waals surface area contributed by atoms with Gasteiger partial charge in [-0.1, -0.05) is 12.5 Å². The highest BCUT2D eigenvalue weighted by Gasteiger charge is 2.21. The smallest absolute Gasteiger partial charge is 0.201 e. The largest absolute Gasteiger partial charge is 0.492 e. The molecule has 1 aliphatic carbocycles. The molecule has 1 aromatic heterocycles. The van der Waals surface area contributed by atoms with Crippen LogP contribution in [-0.4, -0.2) is 16.2 Å². The van der Waals surface area contributed by atoms with E-state index in [2.05, 4.69) is 15.6 Å². The fourth-order valence-electron chi connectivity index (χ4n) is 2.54. The third-order valence-electron chi connectivity index (χ3n) is 3.74. The van der Waals surface area contributed by atoms with Gasteiger partial charge in [0.1, 0.15) is 11.3 Å². The number of para-hydroxylation sites is 1. The van der Waals surface area contributed by atoms with E-state index in [9.17, 15) is 0 Å². The quantitative estimate of drug-likeness (QED) is 0.901. The van der Waals surface area contributed by atoms with Crippen LogP contribution in [0.25, 0.3) is 11.0 Å². The van der Waals surface area contributed by atoms with Crippen LogP contribution in [0.15, 0.2) is 18.2 Å². The van der Waals surface area contributed by atoms with E-state index in [-0.39, 0.29) is 0 Å². The fourth-order valence-corrected chi connectivity index (χ4v) is 2.54. The van der Waals surface area contributed by atoms with Crippen LogP contribution in [0.4, 0.5) is 5.95 Å². The van der Waals surface area contributed by atoms with Crippen LogP contribution in [0.5, 0.6) is 5.75 Å². The van der Waals surface area contributed by atoms with Gasteiger partial charge in [-0.25, -0.2) is 4.98 Å². The van der Waals surface area contributed by atoms with E-state index in [1.807, 2.05) is 19.1 Å². The SMILES string of the molecule is CCOc1cccc2c1nc(N)n2CC1CCC1. The van der Waals surface area contributed by atoms with Gasteiger partial charge in [-0.3, -0.25) is 0 Å². The molecule has 0 unspecified atom stereocenters. The number of nitrogens with zero attached hydrogens (tertiary/aromatic N) is 2. The molecule has 1 aliphatic rings. The lowest BCUT2D eigenvalue weighted by atomic mass is 9.85. The molecule has 0 spiro atoms. The number of hydrogen-bond acceptors (Lipinski definition) is 3. The highest BCUT2D eigenvalue weighted by Crippen LogP contribution is 2.32. The maximum atomic E-state index is 6.04. The predicted octanol–water partition coefficient (Wildman–Crippen LogP) is 2.82.